The Balaban J connectivity index is 0. The van der Waals surface area contributed by atoms with Gasteiger partial charge in [-0.3, -0.25) is 0 Å². The van der Waals surface area contributed by atoms with Gasteiger partial charge in [0.25, 0.3) is 0 Å². The van der Waals surface area contributed by atoms with Crippen molar-refractivity contribution in [3.8, 4) is 5.75 Å². The molecule has 0 amide bonds. The minimum absolute atomic E-state index is 0.250. The summed E-state index contributed by atoms with van der Waals surface area (Å²) < 4.78 is 0. The summed E-state index contributed by atoms with van der Waals surface area (Å²) in [5, 5.41) is 29.1. The van der Waals surface area contributed by atoms with E-state index in [1.807, 2.05) is 37.3 Å². The number of benzene rings is 4. The zero-order valence-corrected chi connectivity index (χ0v) is 25.8. The van der Waals surface area contributed by atoms with Gasteiger partial charge in [0, 0.05) is 13.7 Å². The van der Waals surface area contributed by atoms with Gasteiger partial charge in [0.2, 0.25) is 0 Å². The van der Waals surface area contributed by atoms with Crippen molar-refractivity contribution in [2.24, 2.45) is 10.8 Å². The molecular weight excluding hydrogens is 468 g/mol. The van der Waals surface area contributed by atoms with Crippen molar-refractivity contribution in [2.45, 2.75) is 75.7 Å². The second-order valence-electron chi connectivity index (χ2n) is 11.8. The summed E-state index contributed by atoms with van der Waals surface area (Å²) in [6.45, 7) is 21.5. The van der Waals surface area contributed by atoms with Gasteiger partial charge < -0.3 is 15.3 Å². The number of fused-ring (bicyclic) bond motifs is 2. The van der Waals surface area contributed by atoms with Crippen molar-refractivity contribution in [1.82, 2.24) is 0 Å². The summed E-state index contributed by atoms with van der Waals surface area (Å²) in [6, 6.07) is 28.7. The highest BCUT2D eigenvalue weighted by Crippen LogP contribution is 2.25. The SMILES string of the molecule is CC(C)(C)C.CC(C)(C)C.CCO.CCc1cc2ccccc2cc1O.CO.c1ccc2ccccc2c1. The Kier molecular flexibility index (Phi) is 19.7. The molecule has 4 rings (SSSR count). The van der Waals surface area contributed by atoms with Crippen molar-refractivity contribution >= 4 is 21.5 Å². The number of phenols is 1. The van der Waals surface area contributed by atoms with E-state index < -0.39 is 0 Å². The van der Waals surface area contributed by atoms with Gasteiger partial charge >= 0.3 is 0 Å². The van der Waals surface area contributed by atoms with Crippen LogP contribution in [0.1, 0.15) is 74.8 Å². The molecule has 0 aliphatic carbocycles. The molecule has 0 fully saturated rings. The molecule has 4 aromatic rings. The predicted molar refractivity (Wildman–Crippen MR) is 170 cm³/mol. The molecule has 0 spiro atoms. The monoisotopic (exact) mass is 522 g/mol. The van der Waals surface area contributed by atoms with E-state index in [1.165, 1.54) is 16.2 Å². The van der Waals surface area contributed by atoms with Crippen LogP contribution in [-0.2, 0) is 6.42 Å². The van der Waals surface area contributed by atoms with Gasteiger partial charge in [0.1, 0.15) is 5.75 Å². The third-order valence-corrected chi connectivity index (χ3v) is 3.99. The smallest absolute Gasteiger partial charge is 0.119 e. The first kappa shape index (κ1) is 37.3. The van der Waals surface area contributed by atoms with Crippen molar-refractivity contribution in [3.63, 3.8) is 0 Å². The summed E-state index contributed by atoms with van der Waals surface area (Å²) in [5.74, 6) is 0.404. The second kappa shape index (κ2) is 20.1. The summed E-state index contributed by atoms with van der Waals surface area (Å²) in [5.41, 5.74) is 2.01. The highest BCUT2D eigenvalue weighted by Gasteiger charge is 2.00. The maximum absolute atomic E-state index is 9.61. The van der Waals surface area contributed by atoms with Crippen molar-refractivity contribution in [2.75, 3.05) is 13.7 Å². The van der Waals surface area contributed by atoms with Gasteiger partial charge in [-0.1, -0.05) is 135 Å². The molecule has 3 nitrogen and oxygen atoms in total. The zero-order valence-electron chi connectivity index (χ0n) is 25.8. The van der Waals surface area contributed by atoms with Crippen molar-refractivity contribution in [3.05, 3.63) is 90.5 Å². The highest BCUT2D eigenvalue weighted by molar-refractivity contribution is 5.85. The van der Waals surface area contributed by atoms with Crippen LogP contribution in [0.3, 0.4) is 0 Å². The molecule has 3 N–H and O–H groups in total. The molecule has 0 aromatic heterocycles. The number of phenolic OH excluding ortho intramolecular Hbond substituents is 1. The number of aromatic hydroxyl groups is 1. The molecule has 38 heavy (non-hydrogen) atoms. The average Bonchev–Trinajstić information content (AvgIpc) is 2.84. The Bertz CT molecular complexity index is 1030. The summed E-state index contributed by atoms with van der Waals surface area (Å²) >= 11 is 0. The van der Waals surface area contributed by atoms with E-state index in [4.69, 9.17) is 10.2 Å². The number of rotatable bonds is 1. The zero-order chi connectivity index (χ0) is 29.8. The third-order valence-electron chi connectivity index (χ3n) is 3.99. The lowest BCUT2D eigenvalue weighted by molar-refractivity contribution is 0.318. The fraction of sp³-hybridized carbons (Fsp3) is 0.429. The molecular formula is C35H54O3. The van der Waals surface area contributed by atoms with E-state index in [0.717, 1.165) is 24.5 Å². The van der Waals surface area contributed by atoms with Crippen LogP contribution in [-0.4, -0.2) is 29.0 Å². The summed E-state index contributed by atoms with van der Waals surface area (Å²) in [6.07, 6.45) is 0.872. The van der Waals surface area contributed by atoms with Crippen LogP contribution in [0.15, 0.2) is 84.9 Å². The second-order valence-corrected chi connectivity index (χ2v) is 11.8. The van der Waals surface area contributed by atoms with Gasteiger partial charge in [0.15, 0.2) is 0 Å². The van der Waals surface area contributed by atoms with Crippen LogP contribution < -0.4 is 0 Å². The number of hydrogen-bond acceptors (Lipinski definition) is 3. The normalized spacial score (nSPS) is 10.0. The Labute approximate surface area is 233 Å². The lowest BCUT2D eigenvalue weighted by atomic mass is 10.0. The first-order valence-corrected chi connectivity index (χ1v) is 13.4. The van der Waals surface area contributed by atoms with Crippen molar-refractivity contribution in [1.29, 1.82) is 0 Å². The molecule has 0 unspecified atom stereocenters. The summed E-state index contributed by atoms with van der Waals surface area (Å²) in [7, 11) is 1.00. The first-order chi connectivity index (χ1) is 17.7. The van der Waals surface area contributed by atoms with Crippen molar-refractivity contribution < 1.29 is 15.3 Å². The maximum atomic E-state index is 9.61. The quantitative estimate of drug-likeness (QED) is 0.233. The number of aliphatic hydroxyl groups excluding tert-OH is 2. The topological polar surface area (TPSA) is 60.7 Å². The van der Waals surface area contributed by atoms with Gasteiger partial charge in [0.05, 0.1) is 0 Å². The summed E-state index contributed by atoms with van der Waals surface area (Å²) in [4.78, 5) is 0. The van der Waals surface area contributed by atoms with E-state index in [9.17, 15) is 5.11 Å². The van der Waals surface area contributed by atoms with Gasteiger partial charge in [-0.15, -0.1) is 0 Å². The average molecular weight is 523 g/mol. The van der Waals surface area contributed by atoms with Gasteiger partial charge in [-0.25, -0.2) is 0 Å². The largest absolute Gasteiger partial charge is 0.508 e. The molecule has 0 saturated heterocycles. The molecule has 0 heterocycles. The molecule has 4 aromatic carbocycles. The maximum Gasteiger partial charge on any atom is 0.119 e. The van der Waals surface area contributed by atoms with Crippen LogP contribution in [0, 0.1) is 10.8 Å². The lowest BCUT2D eigenvalue weighted by Crippen LogP contribution is -1.93. The molecule has 0 bridgehead atoms. The Morgan fingerprint density at radius 1 is 0.526 bits per heavy atom. The van der Waals surface area contributed by atoms with E-state index in [1.54, 1.807) is 6.92 Å². The van der Waals surface area contributed by atoms with Crippen LogP contribution in [0.5, 0.6) is 5.75 Å². The van der Waals surface area contributed by atoms with Gasteiger partial charge in [-0.2, -0.15) is 0 Å². The predicted octanol–water partition coefficient (Wildman–Crippen LogP) is 9.66. The van der Waals surface area contributed by atoms with E-state index >= 15 is 0 Å². The van der Waals surface area contributed by atoms with E-state index in [0.29, 0.717) is 16.6 Å². The van der Waals surface area contributed by atoms with Crippen LogP contribution >= 0.6 is 0 Å². The standard InChI is InChI=1S/C12H12O.C10H8.2C5H12.C2H6O.CH4O/c1-2-9-7-10-5-3-4-6-11(10)8-12(9)13;1-2-6-10-8-4-3-7-9(10)5-1;2*1-5(2,3)4;1-2-3;1-2/h3-8,13H,2H2,1H3;1-8H;2*1-4H3;3H,2H2,1H3;2H,1H3. The molecule has 0 aliphatic rings. The Morgan fingerprint density at radius 2 is 0.763 bits per heavy atom. The minimum Gasteiger partial charge on any atom is -0.508 e. The van der Waals surface area contributed by atoms with Crippen LogP contribution in [0.25, 0.3) is 21.5 Å². The fourth-order valence-electron chi connectivity index (χ4n) is 2.69. The Hall–Kier alpha value is -2.88. The first-order valence-electron chi connectivity index (χ1n) is 13.4. The fourth-order valence-corrected chi connectivity index (χ4v) is 2.69. The molecule has 0 aliphatic heterocycles. The van der Waals surface area contributed by atoms with Gasteiger partial charge in [-0.05, 0) is 63.4 Å². The van der Waals surface area contributed by atoms with E-state index in [-0.39, 0.29) is 6.61 Å². The van der Waals surface area contributed by atoms with Crippen LogP contribution in [0.4, 0.5) is 0 Å². The molecule has 212 valence electrons. The minimum atomic E-state index is 0.250. The highest BCUT2D eigenvalue weighted by atomic mass is 16.3. The lowest BCUT2D eigenvalue weighted by Gasteiger charge is -2.05. The third kappa shape index (κ3) is 21.2. The van der Waals surface area contributed by atoms with Crippen LogP contribution in [0.2, 0.25) is 0 Å². The number of hydrogen-bond donors (Lipinski definition) is 3. The Morgan fingerprint density at radius 3 is 1.03 bits per heavy atom. The molecule has 0 atom stereocenters. The number of aliphatic hydroxyl groups is 2. The van der Waals surface area contributed by atoms with E-state index in [2.05, 4.69) is 110 Å². The number of aryl methyl sites for hydroxylation is 1. The molecule has 0 radical (unpaired) electrons. The molecule has 0 saturated carbocycles. The molecule has 3 heteroatoms.